The van der Waals surface area contributed by atoms with Crippen LogP contribution in [0.2, 0.25) is 0 Å². The Kier molecular flexibility index (Phi) is 27.1. The maximum Gasteiger partial charge on any atom is 0.330 e. The average Bonchev–Trinajstić information content (AvgIpc) is 0.792. The van der Waals surface area contributed by atoms with Crippen LogP contribution in [0, 0.1) is 23.7 Å². The molecule has 34 nitrogen and oxygen atoms in total. The fourth-order valence-electron chi connectivity index (χ4n) is 14.2. The summed E-state index contributed by atoms with van der Waals surface area (Å²) in [5, 5.41) is 183. The highest BCUT2D eigenvalue weighted by Gasteiger charge is 2.57. The van der Waals surface area contributed by atoms with Crippen LogP contribution in [-0.2, 0) is 80.8 Å². The molecule has 542 valence electrons. The van der Waals surface area contributed by atoms with E-state index in [2.05, 4.69) is 0 Å². The van der Waals surface area contributed by atoms with Crippen molar-refractivity contribution >= 4 is 23.9 Å². The van der Waals surface area contributed by atoms with E-state index in [1.54, 1.807) is 12.2 Å². The molecule has 32 atom stereocenters. The SMILES string of the molecule is COC1CC(C=CC(=O)OCC2OC(OC3CCC(C=CC(=O)OCC4OC(OC5CC6C(OC7OC(COC(=O)CC(=O)O)C(O)C(O)C7O)CC(O)CC6OC5C5CCC(O)C(O)C5)C(OC5OC(CO)C(O)C(O)C5O)C(O)C4O)CC3)C(O)C(O)C2O)CCC1O. The van der Waals surface area contributed by atoms with Crippen LogP contribution >= 0.6 is 0 Å². The van der Waals surface area contributed by atoms with E-state index >= 15 is 0 Å². The van der Waals surface area contributed by atoms with Gasteiger partial charge in [-0.25, -0.2) is 9.59 Å². The van der Waals surface area contributed by atoms with Crippen LogP contribution in [0.15, 0.2) is 24.3 Å². The Morgan fingerprint density at radius 3 is 1.53 bits per heavy atom. The van der Waals surface area contributed by atoms with Gasteiger partial charge in [0.1, 0.15) is 124 Å². The van der Waals surface area contributed by atoms with Crippen molar-refractivity contribution in [2.75, 3.05) is 33.5 Å². The number of hydrogen-bond acceptors (Lipinski definition) is 33. The van der Waals surface area contributed by atoms with Crippen molar-refractivity contribution < 1.29 is 168 Å². The van der Waals surface area contributed by atoms with Crippen LogP contribution in [0.4, 0.5) is 0 Å². The maximum atomic E-state index is 13.4. The van der Waals surface area contributed by atoms with Crippen molar-refractivity contribution in [3.05, 3.63) is 24.3 Å². The highest BCUT2D eigenvalue weighted by Crippen LogP contribution is 2.46. The summed E-state index contributed by atoms with van der Waals surface area (Å²) in [6.07, 6.45) is -36.8. The average molecular weight is 1370 g/mol. The second-order valence-corrected chi connectivity index (χ2v) is 26.4. The first-order chi connectivity index (χ1) is 45.2. The molecule has 0 aromatic rings. The van der Waals surface area contributed by atoms with Crippen LogP contribution in [-0.4, -0.2) is 328 Å². The first-order valence-corrected chi connectivity index (χ1v) is 32.5. The Labute approximate surface area is 545 Å². The summed E-state index contributed by atoms with van der Waals surface area (Å²) in [5.41, 5.74) is 0. The fraction of sp³-hybridized carbons (Fsp3) is 0.869. The molecule has 0 aromatic carbocycles. The van der Waals surface area contributed by atoms with Gasteiger partial charge in [-0.1, -0.05) is 12.2 Å². The van der Waals surface area contributed by atoms with E-state index in [0.29, 0.717) is 44.9 Å². The number of allylic oxidation sites excluding steroid dienone is 2. The van der Waals surface area contributed by atoms with Gasteiger partial charge >= 0.3 is 23.9 Å². The molecular formula is C61H94O34. The summed E-state index contributed by atoms with van der Waals surface area (Å²) in [4.78, 5) is 49.2. The van der Waals surface area contributed by atoms with Gasteiger partial charge in [0.2, 0.25) is 0 Å². The standard InChI is InChI=1S/C61H94O34/c1-83-35-14-25(4-10-31(35)65)6-13-43(70)84-21-38-46(73)50(77)53(80)58(92-38)87-28-8-2-24(3-9-28)5-12-42(69)85-22-40-48(75)52(79)57(95-60-55(82)49(76)45(72)37(20-62)91-60)61(94-40)90-36-18-29-33(88-56(36)26-7-11-30(64)32(66)15-26)16-27(63)17-34(29)89-59-54(81)51(78)47(74)39(93-59)23-86-44(71)19-41(67)68/h5-6,12-13,24-40,45-66,72-82H,2-4,7-11,14-23H2,1H3,(H,67,68). The summed E-state index contributed by atoms with van der Waals surface area (Å²) < 4.78 is 76.5. The van der Waals surface area contributed by atoms with Crippen molar-refractivity contribution in [2.45, 2.75) is 274 Å². The topological polar surface area (TPSA) is 532 Å². The molecule has 0 radical (unpaired) electrons. The van der Waals surface area contributed by atoms with E-state index < -0.39 is 246 Å². The van der Waals surface area contributed by atoms with E-state index in [1.165, 1.54) is 13.2 Å². The molecule has 0 bridgehead atoms. The Morgan fingerprint density at radius 1 is 0.442 bits per heavy atom. The second kappa shape index (κ2) is 34.1. The van der Waals surface area contributed by atoms with Crippen molar-refractivity contribution in [1.29, 1.82) is 0 Å². The Hall–Kier alpha value is -3.68. The van der Waals surface area contributed by atoms with Crippen molar-refractivity contribution in [2.24, 2.45) is 23.7 Å². The van der Waals surface area contributed by atoms with E-state index in [4.69, 9.17) is 66.7 Å². The quantitative estimate of drug-likeness (QED) is 0.0196. The first-order valence-electron chi connectivity index (χ1n) is 32.5. The lowest BCUT2D eigenvalue weighted by Crippen LogP contribution is -2.66. The number of carbonyl (C=O) groups is 4. The number of carbonyl (C=O) groups excluding carboxylic acids is 3. The van der Waals surface area contributed by atoms with Gasteiger partial charge in [-0.15, -0.1) is 0 Å². The minimum Gasteiger partial charge on any atom is -0.481 e. The molecule has 32 unspecified atom stereocenters. The van der Waals surface area contributed by atoms with Crippen molar-refractivity contribution in [3.8, 4) is 0 Å². The van der Waals surface area contributed by atoms with E-state index in [9.17, 15) is 101 Å². The number of rotatable bonds is 23. The predicted octanol–water partition coefficient (Wildman–Crippen LogP) is -6.58. The highest BCUT2D eigenvalue weighted by molar-refractivity contribution is 5.90. The smallest absolute Gasteiger partial charge is 0.330 e. The van der Waals surface area contributed by atoms with E-state index in [-0.39, 0.29) is 56.5 Å². The van der Waals surface area contributed by atoms with Crippen LogP contribution in [0.5, 0.6) is 0 Å². The zero-order chi connectivity index (χ0) is 68.7. The number of esters is 3. The fourth-order valence-corrected chi connectivity index (χ4v) is 14.2. The second-order valence-electron chi connectivity index (χ2n) is 26.4. The Morgan fingerprint density at radius 2 is 0.947 bits per heavy atom. The van der Waals surface area contributed by atoms with E-state index in [1.807, 2.05) is 0 Å². The summed E-state index contributed by atoms with van der Waals surface area (Å²) in [6, 6.07) is 0. The lowest BCUT2D eigenvalue weighted by molar-refractivity contribution is -0.380. The van der Waals surface area contributed by atoms with Gasteiger partial charge in [0, 0.05) is 31.6 Å². The Balaban J connectivity index is 0.852. The number of methoxy groups -OCH3 is 1. The molecule has 0 spiro atoms. The van der Waals surface area contributed by atoms with Gasteiger partial charge in [0.05, 0.1) is 67.6 Å². The van der Waals surface area contributed by atoms with Gasteiger partial charge in [-0.05, 0) is 94.8 Å². The first kappa shape index (κ1) is 75.5. The van der Waals surface area contributed by atoms with Crippen LogP contribution in [0.1, 0.15) is 89.9 Å². The molecule has 9 fully saturated rings. The third-order valence-electron chi connectivity index (χ3n) is 19.8. The number of carboxylic acids is 1. The van der Waals surface area contributed by atoms with Crippen molar-refractivity contribution in [1.82, 2.24) is 0 Å². The Bertz CT molecular complexity index is 2520. The van der Waals surface area contributed by atoms with Gasteiger partial charge in [0.15, 0.2) is 25.2 Å². The molecular weight excluding hydrogens is 1280 g/mol. The molecule has 5 aliphatic heterocycles. The molecule has 34 heteroatoms. The molecule has 4 saturated carbocycles. The van der Waals surface area contributed by atoms with Crippen molar-refractivity contribution in [3.63, 3.8) is 0 Å². The number of ether oxygens (including phenoxy) is 13. The van der Waals surface area contributed by atoms with Gasteiger partial charge in [-0.3, -0.25) is 9.59 Å². The maximum absolute atomic E-state index is 13.4. The molecule has 9 aliphatic rings. The predicted molar refractivity (Wildman–Crippen MR) is 308 cm³/mol. The molecule has 17 N–H and O–H groups in total. The summed E-state index contributed by atoms with van der Waals surface area (Å²) in [5.74, 6) is -6.03. The summed E-state index contributed by atoms with van der Waals surface area (Å²) >= 11 is 0. The molecule has 4 aliphatic carbocycles. The van der Waals surface area contributed by atoms with Crippen LogP contribution in [0.25, 0.3) is 0 Å². The lowest BCUT2D eigenvalue weighted by Gasteiger charge is -2.53. The molecule has 0 amide bonds. The number of hydrogen-bond donors (Lipinski definition) is 17. The normalized spacial score (nSPS) is 46.8. The minimum absolute atomic E-state index is 0.00202. The largest absolute Gasteiger partial charge is 0.481 e. The zero-order valence-electron chi connectivity index (χ0n) is 52.2. The molecule has 0 aromatic heterocycles. The van der Waals surface area contributed by atoms with Crippen LogP contribution < -0.4 is 0 Å². The highest BCUT2D eigenvalue weighted by atomic mass is 16.8. The summed E-state index contributed by atoms with van der Waals surface area (Å²) in [7, 11) is 1.50. The minimum atomic E-state index is -2.07. The third-order valence-corrected chi connectivity index (χ3v) is 19.8. The van der Waals surface area contributed by atoms with Gasteiger partial charge < -0.3 is 148 Å². The third kappa shape index (κ3) is 18.9. The number of aliphatic hydroxyl groups excluding tert-OH is 16. The number of carboxylic acid groups (broad SMARTS) is 1. The number of aliphatic hydroxyl groups is 16. The number of fused-ring (bicyclic) bond motifs is 1. The number of aliphatic carboxylic acids is 1. The molecule has 5 saturated heterocycles. The van der Waals surface area contributed by atoms with Gasteiger partial charge in [0.25, 0.3) is 0 Å². The van der Waals surface area contributed by atoms with Crippen LogP contribution in [0.3, 0.4) is 0 Å². The lowest BCUT2D eigenvalue weighted by atomic mass is 9.72. The molecule has 9 rings (SSSR count). The monoisotopic (exact) mass is 1370 g/mol. The molecule has 95 heavy (non-hydrogen) atoms. The van der Waals surface area contributed by atoms with E-state index in [0.717, 1.165) is 6.08 Å². The summed E-state index contributed by atoms with van der Waals surface area (Å²) in [6.45, 7) is -2.87. The zero-order valence-corrected chi connectivity index (χ0v) is 52.2. The molecule has 5 heterocycles. The van der Waals surface area contributed by atoms with Gasteiger partial charge in [-0.2, -0.15) is 0 Å².